The number of carbonyl (C=O) groups excluding carboxylic acids is 1. The molecule has 0 radical (unpaired) electrons. The minimum Gasteiger partial charge on any atom is -0.507 e. The molecule has 4 N–H and O–H groups in total. The number of amides is 1. The van der Waals surface area contributed by atoms with Crippen LogP contribution in [0.4, 0.5) is 0 Å². The Bertz CT molecular complexity index is 1760. The van der Waals surface area contributed by atoms with Crippen LogP contribution in [0.2, 0.25) is 0 Å². The molecule has 6 rings (SSSR count). The van der Waals surface area contributed by atoms with Gasteiger partial charge in [0, 0.05) is 57.6 Å². The molecule has 1 amide bonds. The van der Waals surface area contributed by atoms with Gasteiger partial charge < -0.3 is 34.8 Å². The van der Waals surface area contributed by atoms with E-state index in [9.17, 15) is 25.4 Å². The molecule has 1 unspecified atom stereocenters. The van der Waals surface area contributed by atoms with Crippen molar-refractivity contribution in [3.05, 3.63) is 74.8 Å². The maximum Gasteiger partial charge on any atom is 0.224 e. The Hall–Kier alpha value is -4.50. The van der Waals surface area contributed by atoms with Gasteiger partial charge in [0.05, 0.1) is 52.5 Å². The molecule has 3 aromatic carbocycles. The van der Waals surface area contributed by atoms with Gasteiger partial charge in [-0.3, -0.25) is 14.6 Å². The number of aliphatic hydroxyl groups excluding tert-OH is 1. The van der Waals surface area contributed by atoms with Gasteiger partial charge in [0.1, 0.15) is 23.3 Å². The first-order valence-corrected chi connectivity index (χ1v) is 15.8. The highest BCUT2D eigenvalue weighted by molar-refractivity contribution is 5.78. The second-order valence-electron chi connectivity index (χ2n) is 12.6. The molecule has 3 aliphatic heterocycles. The number of nitrogens with zero attached hydrogens (tertiary/aromatic N) is 3. The standard InChI is InChI=1S/C36H42N4O7/c1-18-23(17-41)32(43)29-21(34(18)45-4)14-25-31-30-22(35(46-5)19(2)36(47-6)33(30)44)13-24(39(31)3)26(15-37)40(25)27(29)16-38-28(42)12-20-10-8-7-9-11-20/h7-11,24-27,31,41,43-44H,12-14,16-17H2,1-6H3,(H,38,42)/t24?,25-,26-,27-,31-/m0/s1. The van der Waals surface area contributed by atoms with Gasteiger partial charge in [-0.1, -0.05) is 30.3 Å². The number of aliphatic hydroxyl groups is 1. The summed E-state index contributed by atoms with van der Waals surface area (Å²) >= 11 is 0. The smallest absolute Gasteiger partial charge is 0.224 e. The molecule has 248 valence electrons. The number of phenols is 2. The van der Waals surface area contributed by atoms with E-state index in [0.717, 1.165) is 16.7 Å². The summed E-state index contributed by atoms with van der Waals surface area (Å²) in [6, 6.07) is 9.60. The minimum absolute atomic E-state index is 0.0339. The zero-order valence-electron chi connectivity index (χ0n) is 27.6. The van der Waals surface area contributed by atoms with E-state index in [4.69, 9.17) is 14.2 Å². The maximum atomic E-state index is 13.3. The van der Waals surface area contributed by atoms with Crippen molar-refractivity contribution >= 4 is 5.91 Å². The molecule has 0 aliphatic carbocycles. The van der Waals surface area contributed by atoms with E-state index in [1.165, 1.54) is 7.11 Å². The minimum atomic E-state index is -0.655. The number of piperazine rings is 1. The highest BCUT2D eigenvalue weighted by atomic mass is 16.5. The molecule has 1 saturated heterocycles. The van der Waals surface area contributed by atoms with E-state index < -0.39 is 24.7 Å². The largest absolute Gasteiger partial charge is 0.507 e. The van der Waals surface area contributed by atoms with E-state index in [1.54, 1.807) is 21.1 Å². The van der Waals surface area contributed by atoms with Gasteiger partial charge in [0.15, 0.2) is 11.5 Å². The number of carbonyl (C=O) groups is 1. The summed E-state index contributed by atoms with van der Waals surface area (Å²) < 4.78 is 17.5. The van der Waals surface area contributed by atoms with Crippen molar-refractivity contribution in [1.29, 1.82) is 5.26 Å². The second kappa shape index (κ2) is 12.6. The molecule has 11 nitrogen and oxygen atoms in total. The lowest BCUT2D eigenvalue weighted by molar-refractivity contribution is -0.121. The third-order valence-corrected chi connectivity index (χ3v) is 10.5. The lowest BCUT2D eigenvalue weighted by Gasteiger charge is -2.60. The number of hydrogen-bond donors (Lipinski definition) is 4. The Morgan fingerprint density at radius 3 is 2.17 bits per heavy atom. The predicted octanol–water partition coefficient (Wildman–Crippen LogP) is 3.36. The van der Waals surface area contributed by atoms with Gasteiger partial charge in [-0.05, 0) is 39.3 Å². The highest BCUT2D eigenvalue weighted by Crippen LogP contribution is 2.58. The van der Waals surface area contributed by atoms with Gasteiger partial charge in [0.2, 0.25) is 5.91 Å². The summed E-state index contributed by atoms with van der Waals surface area (Å²) in [7, 11) is 6.65. The van der Waals surface area contributed by atoms with Crippen molar-refractivity contribution in [2.75, 3.05) is 34.9 Å². The monoisotopic (exact) mass is 642 g/mol. The third kappa shape index (κ3) is 4.94. The molecule has 47 heavy (non-hydrogen) atoms. The number of fused-ring (bicyclic) bond motifs is 7. The first kappa shape index (κ1) is 32.4. The molecule has 0 spiro atoms. The number of nitrogens with one attached hydrogen (secondary N) is 1. The van der Waals surface area contributed by atoms with Crippen molar-refractivity contribution < 1.29 is 34.3 Å². The van der Waals surface area contributed by atoms with Crippen LogP contribution in [-0.2, 0) is 30.7 Å². The van der Waals surface area contributed by atoms with Crippen LogP contribution in [0.15, 0.2) is 30.3 Å². The molecule has 5 atom stereocenters. The molecule has 1 fully saturated rings. The first-order chi connectivity index (χ1) is 22.6. The van der Waals surface area contributed by atoms with Gasteiger partial charge in [-0.25, -0.2) is 0 Å². The number of phenolic OH excluding ortho intramolecular Hbond substituents is 1. The first-order valence-electron chi connectivity index (χ1n) is 15.8. The summed E-state index contributed by atoms with van der Waals surface area (Å²) in [6.45, 7) is 3.34. The van der Waals surface area contributed by atoms with E-state index in [2.05, 4.69) is 21.2 Å². The number of rotatable bonds is 8. The third-order valence-electron chi connectivity index (χ3n) is 10.5. The average molecular weight is 643 g/mol. The number of hydrogen-bond acceptors (Lipinski definition) is 10. The summed E-state index contributed by atoms with van der Waals surface area (Å²) in [4.78, 5) is 17.6. The number of aromatic hydroxyl groups is 2. The van der Waals surface area contributed by atoms with Crippen LogP contribution in [0.25, 0.3) is 0 Å². The quantitative estimate of drug-likeness (QED) is 0.288. The van der Waals surface area contributed by atoms with Gasteiger partial charge in [-0.15, -0.1) is 0 Å². The summed E-state index contributed by atoms with van der Waals surface area (Å²) in [5.74, 6) is 1.27. The highest BCUT2D eigenvalue weighted by Gasteiger charge is 2.57. The van der Waals surface area contributed by atoms with E-state index in [0.29, 0.717) is 57.9 Å². The van der Waals surface area contributed by atoms with Crippen molar-refractivity contribution in [3.8, 4) is 34.8 Å². The molecule has 2 bridgehead atoms. The second-order valence-corrected chi connectivity index (χ2v) is 12.6. The van der Waals surface area contributed by atoms with E-state index >= 15 is 0 Å². The van der Waals surface area contributed by atoms with Crippen molar-refractivity contribution in [1.82, 2.24) is 15.1 Å². The molecule has 3 aromatic rings. The van der Waals surface area contributed by atoms with Crippen LogP contribution >= 0.6 is 0 Å². The number of methoxy groups -OCH3 is 3. The molecular formula is C36H42N4O7. The van der Waals surface area contributed by atoms with Crippen LogP contribution in [0.3, 0.4) is 0 Å². The van der Waals surface area contributed by atoms with Crippen LogP contribution in [-0.4, -0.2) is 84.1 Å². The summed E-state index contributed by atoms with van der Waals surface area (Å²) in [5.41, 5.74) is 5.30. The fourth-order valence-corrected chi connectivity index (χ4v) is 8.49. The molecular weight excluding hydrogens is 600 g/mol. The van der Waals surface area contributed by atoms with E-state index in [1.807, 2.05) is 44.3 Å². The zero-order chi connectivity index (χ0) is 33.7. The molecule has 11 heteroatoms. The van der Waals surface area contributed by atoms with Crippen LogP contribution in [0.1, 0.15) is 56.6 Å². The Morgan fingerprint density at radius 2 is 1.55 bits per heavy atom. The van der Waals surface area contributed by atoms with Crippen molar-refractivity contribution in [3.63, 3.8) is 0 Å². The topological polar surface area (TPSA) is 148 Å². The van der Waals surface area contributed by atoms with Crippen LogP contribution in [0, 0.1) is 25.2 Å². The fourth-order valence-electron chi connectivity index (χ4n) is 8.49. The lowest BCUT2D eigenvalue weighted by atomic mass is 9.71. The van der Waals surface area contributed by atoms with Gasteiger partial charge >= 0.3 is 0 Å². The molecule has 3 heterocycles. The van der Waals surface area contributed by atoms with Crippen LogP contribution in [0.5, 0.6) is 28.7 Å². The molecule has 0 aromatic heterocycles. The number of likely N-dealkylation sites (N-methyl/N-ethyl adjacent to an activating group) is 1. The zero-order valence-corrected chi connectivity index (χ0v) is 27.6. The normalized spacial score (nSPS) is 23.1. The summed E-state index contributed by atoms with van der Waals surface area (Å²) in [6.07, 6.45) is 0.964. The Kier molecular flexibility index (Phi) is 8.70. The van der Waals surface area contributed by atoms with Crippen molar-refractivity contribution in [2.24, 2.45) is 0 Å². The SMILES string of the molecule is COc1c(C)c(OC)c2c(c1O)[C@@H]1[C@@H]3Cc4c(OC)c(C)c(CO)c(O)c4[C@H](CNC(=O)Cc4ccccc4)N3[C@@H](C#N)C(C2)N1C. The summed E-state index contributed by atoms with van der Waals surface area (Å²) in [5, 5.41) is 47.8. The Labute approximate surface area is 274 Å². The number of benzene rings is 3. The van der Waals surface area contributed by atoms with Gasteiger partial charge in [-0.2, -0.15) is 5.26 Å². The van der Waals surface area contributed by atoms with Crippen molar-refractivity contribution in [2.45, 2.75) is 69.9 Å². The lowest BCUT2D eigenvalue weighted by Crippen LogP contribution is -2.68. The number of ether oxygens (including phenoxy) is 3. The Morgan fingerprint density at radius 1 is 0.936 bits per heavy atom. The maximum absolute atomic E-state index is 13.3. The molecule has 3 aliphatic rings. The van der Waals surface area contributed by atoms with E-state index in [-0.39, 0.29) is 42.5 Å². The Balaban J connectivity index is 1.55. The van der Waals surface area contributed by atoms with Gasteiger partial charge in [0.25, 0.3) is 0 Å². The molecule has 0 saturated carbocycles. The fraction of sp³-hybridized carbons (Fsp3) is 0.444. The van der Waals surface area contributed by atoms with Crippen LogP contribution < -0.4 is 19.5 Å². The number of nitriles is 1. The predicted molar refractivity (Wildman–Crippen MR) is 174 cm³/mol. The average Bonchev–Trinajstić information content (AvgIpc) is 3.05.